The molecule has 1 aliphatic heterocycles. The smallest absolute Gasteiger partial charge is 0.259 e. The van der Waals surface area contributed by atoms with Gasteiger partial charge < -0.3 is 4.90 Å². The van der Waals surface area contributed by atoms with Crippen LogP contribution in [0.2, 0.25) is 0 Å². The van der Waals surface area contributed by atoms with Gasteiger partial charge in [-0.2, -0.15) is 0 Å². The lowest BCUT2D eigenvalue weighted by Crippen LogP contribution is -2.41. The Balaban J connectivity index is 2.13. The van der Waals surface area contributed by atoms with E-state index in [-0.39, 0.29) is 11.8 Å². The minimum Gasteiger partial charge on any atom is -0.335 e. The summed E-state index contributed by atoms with van der Waals surface area (Å²) >= 11 is 19.7. The highest BCUT2D eigenvalue weighted by molar-refractivity contribution is 6.59. The fourth-order valence-electron chi connectivity index (χ4n) is 3.10. The molecule has 2 nitrogen and oxygen atoms in total. The Bertz CT molecular complexity index is 606. The predicted molar refractivity (Wildman–Crippen MR) is 103 cm³/mol. The van der Waals surface area contributed by atoms with Crippen molar-refractivity contribution in [1.29, 1.82) is 0 Å². The number of nitrogens with zero attached hydrogens (tertiary/aromatic N) is 1. The molecule has 0 aromatic heterocycles. The second kappa shape index (κ2) is 7.68. The van der Waals surface area contributed by atoms with Crippen molar-refractivity contribution in [1.82, 2.24) is 4.90 Å². The molecule has 1 saturated heterocycles. The number of carbonyl (C=O) groups excluding carboxylic acids is 1. The lowest BCUT2D eigenvalue weighted by molar-refractivity contribution is -0.128. The van der Waals surface area contributed by atoms with Crippen LogP contribution in [0.25, 0.3) is 0 Å². The molecule has 1 fully saturated rings. The van der Waals surface area contributed by atoms with Crippen molar-refractivity contribution in [3.63, 3.8) is 0 Å². The van der Waals surface area contributed by atoms with Gasteiger partial charge in [-0.3, -0.25) is 4.79 Å². The highest BCUT2D eigenvalue weighted by Gasteiger charge is 2.57. The van der Waals surface area contributed by atoms with Crippen LogP contribution in [0, 0.1) is 5.92 Å². The second-order valence-corrected chi connectivity index (χ2v) is 9.19. The average Bonchev–Trinajstić information content (AvgIpc) is 2.72. The first-order valence-electron chi connectivity index (χ1n) is 8.18. The van der Waals surface area contributed by atoms with E-state index < -0.39 is 9.21 Å². The van der Waals surface area contributed by atoms with E-state index in [9.17, 15) is 4.79 Å². The third kappa shape index (κ3) is 4.47. The van der Waals surface area contributed by atoms with Crippen LogP contribution in [0.4, 0.5) is 0 Å². The van der Waals surface area contributed by atoms with Crippen LogP contribution in [-0.2, 0) is 11.3 Å². The monoisotopic (exact) mass is 387 g/mol. The number of alkyl halides is 3. The molecule has 0 radical (unpaired) electrons. The number of hydrogen-bond acceptors (Lipinski definition) is 1. The largest absolute Gasteiger partial charge is 0.335 e. The summed E-state index contributed by atoms with van der Waals surface area (Å²) < 4.78 is -1.48. The van der Waals surface area contributed by atoms with Gasteiger partial charge in [0.2, 0.25) is 4.33 Å². The molecule has 0 saturated carbocycles. The predicted octanol–water partition coefficient (Wildman–Crippen LogP) is 5.56. The molecular formula is C19H24Cl3NO. The molecule has 1 aromatic rings. The summed E-state index contributed by atoms with van der Waals surface area (Å²) in [6, 6.07) is 9.82. The van der Waals surface area contributed by atoms with Crippen molar-refractivity contribution in [3.05, 3.63) is 47.5 Å². The van der Waals surface area contributed by atoms with E-state index in [0.717, 1.165) is 18.4 Å². The number of benzene rings is 1. The minimum absolute atomic E-state index is 0.256. The summed E-state index contributed by atoms with van der Waals surface area (Å²) in [5.74, 6) is -0.578. The molecule has 0 aliphatic carbocycles. The summed E-state index contributed by atoms with van der Waals surface area (Å²) in [4.78, 5) is 13.7. The molecule has 0 bridgehead atoms. The fourth-order valence-corrected chi connectivity index (χ4v) is 4.42. The zero-order valence-electron chi connectivity index (χ0n) is 14.4. The molecule has 2 atom stereocenters. The average molecular weight is 389 g/mol. The van der Waals surface area contributed by atoms with Crippen molar-refractivity contribution in [2.45, 2.75) is 49.4 Å². The van der Waals surface area contributed by atoms with Crippen molar-refractivity contribution in [2.75, 3.05) is 6.54 Å². The van der Waals surface area contributed by atoms with E-state index in [0.29, 0.717) is 13.1 Å². The summed E-state index contributed by atoms with van der Waals surface area (Å²) in [6.07, 6.45) is 3.71. The van der Waals surface area contributed by atoms with E-state index in [1.165, 1.54) is 5.57 Å². The van der Waals surface area contributed by atoms with Gasteiger partial charge in [0.1, 0.15) is 0 Å². The lowest BCUT2D eigenvalue weighted by Gasteiger charge is -2.33. The van der Waals surface area contributed by atoms with Crippen molar-refractivity contribution in [3.8, 4) is 0 Å². The van der Waals surface area contributed by atoms with Gasteiger partial charge in [0.15, 0.2) is 0 Å². The Labute approximate surface area is 159 Å². The van der Waals surface area contributed by atoms with E-state index in [1.54, 1.807) is 4.90 Å². The molecule has 1 amide bonds. The van der Waals surface area contributed by atoms with E-state index >= 15 is 0 Å². The normalized spacial score (nSPS) is 22.3. The number of allylic oxidation sites excluding steroid dienone is 2. The first-order valence-corrected chi connectivity index (χ1v) is 9.31. The Morgan fingerprint density at radius 2 is 1.96 bits per heavy atom. The third-order valence-electron chi connectivity index (χ3n) is 4.54. The van der Waals surface area contributed by atoms with Crippen LogP contribution in [0.5, 0.6) is 0 Å². The number of hydrogen-bond donors (Lipinski definition) is 0. The molecule has 132 valence electrons. The van der Waals surface area contributed by atoms with Gasteiger partial charge in [-0.05, 0) is 39.2 Å². The number of halogens is 3. The number of amides is 1. The van der Waals surface area contributed by atoms with Gasteiger partial charge in [0, 0.05) is 19.0 Å². The van der Waals surface area contributed by atoms with Gasteiger partial charge in [0.25, 0.3) is 5.91 Å². The molecule has 1 heterocycles. The number of rotatable bonds is 6. The standard InChI is InChI=1S/C19H24Cl3NO/c1-14(2)8-7-11-18(3,20)16-13-23(17(24)19(16,21)22)12-15-9-5-4-6-10-15/h4-6,8-10,16H,7,11-13H2,1-3H3/t16-,18+/m0/s1. The molecule has 0 spiro atoms. The summed E-state index contributed by atoms with van der Waals surface area (Å²) in [7, 11) is 0. The van der Waals surface area contributed by atoms with Gasteiger partial charge in [0.05, 0.1) is 4.87 Å². The highest BCUT2D eigenvalue weighted by Crippen LogP contribution is 2.49. The Kier molecular flexibility index (Phi) is 6.28. The van der Waals surface area contributed by atoms with Crippen LogP contribution >= 0.6 is 34.8 Å². The van der Waals surface area contributed by atoms with Gasteiger partial charge in [-0.1, -0.05) is 65.2 Å². The molecule has 24 heavy (non-hydrogen) atoms. The Morgan fingerprint density at radius 1 is 1.33 bits per heavy atom. The molecule has 1 aromatic carbocycles. The van der Waals surface area contributed by atoms with Gasteiger partial charge >= 0.3 is 0 Å². The van der Waals surface area contributed by atoms with Crippen molar-refractivity contribution >= 4 is 40.7 Å². The fraction of sp³-hybridized carbons (Fsp3) is 0.526. The van der Waals surface area contributed by atoms with Crippen LogP contribution < -0.4 is 0 Å². The van der Waals surface area contributed by atoms with Crippen LogP contribution in [0.3, 0.4) is 0 Å². The van der Waals surface area contributed by atoms with E-state index in [1.807, 2.05) is 37.3 Å². The molecule has 5 heteroatoms. The number of likely N-dealkylation sites (tertiary alicyclic amines) is 1. The van der Waals surface area contributed by atoms with Crippen LogP contribution in [0.15, 0.2) is 42.0 Å². The summed E-state index contributed by atoms with van der Waals surface area (Å²) in [5.41, 5.74) is 2.30. The Morgan fingerprint density at radius 3 is 2.54 bits per heavy atom. The molecule has 1 aliphatic rings. The van der Waals surface area contributed by atoms with E-state index in [2.05, 4.69) is 19.9 Å². The summed E-state index contributed by atoms with van der Waals surface area (Å²) in [5, 5.41) is 0. The van der Waals surface area contributed by atoms with Crippen molar-refractivity contribution < 1.29 is 4.79 Å². The lowest BCUT2D eigenvalue weighted by atomic mass is 9.87. The Hall–Kier alpha value is -0.700. The second-order valence-electron chi connectivity index (χ2n) is 6.95. The SMILES string of the molecule is CC(C)=CCC[C@@](C)(Cl)[C@@H]1CN(Cc2ccccc2)C(=O)C1(Cl)Cl. The zero-order chi connectivity index (χ0) is 18.0. The van der Waals surface area contributed by atoms with Gasteiger partial charge in [-0.25, -0.2) is 0 Å². The maximum absolute atomic E-state index is 12.7. The van der Waals surface area contributed by atoms with Crippen molar-refractivity contribution in [2.24, 2.45) is 5.92 Å². The maximum Gasteiger partial charge on any atom is 0.259 e. The first-order chi connectivity index (χ1) is 11.1. The van der Waals surface area contributed by atoms with Crippen LogP contribution in [-0.4, -0.2) is 26.6 Å². The zero-order valence-corrected chi connectivity index (χ0v) is 16.6. The van der Waals surface area contributed by atoms with E-state index in [4.69, 9.17) is 34.8 Å². The molecule has 2 rings (SSSR count). The number of carbonyl (C=O) groups is 1. The minimum atomic E-state index is -1.48. The molecular weight excluding hydrogens is 365 g/mol. The molecule has 0 N–H and O–H groups in total. The van der Waals surface area contributed by atoms with Crippen LogP contribution in [0.1, 0.15) is 39.2 Å². The molecule has 0 unspecified atom stereocenters. The topological polar surface area (TPSA) is 20.3 Å². The quantitative estimate of drug-likeness (QED) is 0.461. The highest BCUT2D eigenvalue weighted by atomic mass is 35.5. The maximum atomic E-state index is 12.7. The summed E-state index contributed by atoms with van der Waals surface area (Å²) in [6.45, 7) is 7.00. The first kappa shape index (κ1) is 19.6. The third-order valence-corrected chi connectivity index (χ3v) is 5.84. The van der Waals surface area contributed by atoms with Gasteiger partial charge in [-0.15, -0.1) is 11.6 Å².